The first-order valence-corrected chi connectivity index (χ1v) is 10.9. The summed E-state index contributed by atoms with van der Waals surface area (Å²) in [5, 5.41) is 9.33. The van der Waals surface area contributed by atoms with Gasteiger partial charge in [-0.15, -0.1) is 24.0 Å². The Balaban J connectivity index is 0.00000676. The molecule has 3 N–H and O–H groups in total. The Kier molecular flexibility index (Phi) is 10.4. The van der Waals surface area contributed by atoms with Crippen molar-refractivity contribution in [1.29, 1.82) is 0 Å². The number of hydrogen-bond donors (Lipinski definition) is 3. The van der Waals surface area contributed by atoms with Crippen molar-refractivity contribution in [1.82, 2.24) is 16.0 Å². The number of carbonyl (C=O) groups excluding carboxylic acids is 1. The van der Waals surface area contributed by atoms with Crippen LogP contribution in [-0.2, 0) is 14.6 Å². The van der Waals surface area contributed by atoms with Gasteiger partial charge < -0.3 is 20.7 Å². The van der Waals surface area contributed by atoms with Gasteiger partial charge in [0, 0.05) is 19.6 Å². The average Bonchev–Trinajstić information content (AvgIpc) is 2.87. The standard InChI is InChI=1S/C17H34N4O4S.HI/c1-7-17(8-2,21-15(22)25-16(3,4)5)12-19-14(18-6)20-13-9-10-26(23,24)11-13;/h13H,7-12H2,1-6H3,(H,21,22)(H2,18,19,20);1H. The smallest absolute Gasteiger partial charge is 0.408 e. The normalized spacial score (nSPS) is 19.8. The Bertz CT molecular complexity index is 613. The lowest BCUT2D eigenvalue weighted by Gasteiger charge is -2.34. The molecule has 1 unspecified atom stereocenters. The summed E-state index contributed by atoms with van der Waals surface area (Å²) in [6, 6.07) is -0.136. The van der Waals surface area contributed by atoms with E-state index >= 15 is 0 Å². The number of guanidine groups is 1. The lowest BCUT2D eigenvalue weighted by atomic mass is 9.93. The van der Waals surface area contributed by atoms with Crippen molar-refractivity contribution in [2.45, 2.75) is 71.1 Å². The number of sulfone groups is 1. The predicted octanol–water partition coefficient (Wildman–Crippen LogP) is 2.04. The maximum Gasteiger partial charge on any atom is 0.408 e. The van der Waals surface area contributed by atoms with Crippen LogP contribution in [0, 0.1) is 0 Å². The molecule has 1 saturated heterocycles. The van der Waals surface area contributed by atoms with Gasteiger partial charge in [-0.1, -0.05) is 13.8 Å². The van der Waals surface area contributed by atoms with E-state index in [-0.39, 0.29) is 41.5 Å². The zero-order chi connectivity index (χ0) is 20.0. The van der Waals surface area contributed by atoms with E-state index in [1.54, 1.807) is 7.05 Å². The van der Waals surface area contributed by atoms with Crippen LogP contribution in [0.4, 0.5) is 4.79 Å². The fraction of sp³-hybridized carbons (Fsp3) is 0.882. The number of alkyl carbamates (subject to hydrolysis) is 1. The largest absolute Gasteiger partial charge is 0.444 e. The van der Waals surface area contributed by atoms with Crippen LogP contribution in [0.3, 0.4) is 0 Å². The fourth-order valence-electron chi connectivity index (χ4n) is 2.79. The number of carbonyl (C=O) groups is 1. The van der Waals surface area contributed by atoms with Gasteiger partial charge >= 0.3 is 6.09 Å². The average molecular weight is 518 g/mol. The van der Waals surface area contributed by atoms with Gasteiger partial charge in [0.1, 0.15) is 5.60 Å². The zero-order valence-corrected chi connectivity index (χ0v) is 20.4. The highest BCUT2D eigenvalue weighted by Crippen LogP contribution is 2.16. The number of halogens is 1. The van der Waals surface area contributed by atoms with Crippen LogP contribution < -0.4 is 16.0 Å². The second kappa shape index (κ2) is 10.7. The third kappa shape index (κ3) is 9.31. The monoisotopic (exact) mass is 518 g/mol. The van der Waals surface area contributed by atoms with Gasteiger partial charge in [0.15, 0.2) is 15.8 Å². The summed E-state index contributed by atoms with van der Waals surface area (Å²) in [7, 11) is -1.32. The van der Waals surface area contributed by atoms with Crippen molar-refractivity contribution in [2.75, 3.05) is 25.1 Å². The van der Waals surface area contributed by atoms with Crippen LogP contribution in [0.25, 0.3) is 0 Å². The van der Waals surface area contributed by atoms with Crippen LogP contribution in [0.2, 0.25) is 0 Å². The van der Waals surface area contributed by atoms with Crippen LogP contribution in [0.1, 0.15) is 53.9 Å². The quantitative estimate of drug-likeness (QED) is 0.282. The summed E-state index contributed by atoms with van der Waals surface area (Å²) in [6.45, 7) is 9.94. The summed E-state index contributed by atoms with van der Waals surface area (Å²) in [4.78, 5) is 16.3. The first-order chi connectivity index (χ1) is 11.9. The van der Waals surface area contributed by atoms with Crippen molar-refractivity contribution >= 4 is 45.9 Å². The van der Waals surface area contributed by atoms with Crippen LogP contribution in [-0.4, -0.2) is 62.8 Å². The van der Waals surface area contributed by atoms with E-state index < -0.39 is 27.1 Å². The topological polar surface area (TPSA) is 109 Å². The van der Waals surface area contributed by atoms with E-state index in [0.717, 1.165) is 0 Å². The minimum Gasteiger partial charge on any atom is -0.444 e. The molecule has 1 atom stereocenters. The van der Waals surface area contributed by atoms with E-state index in [0.29, 0.717) is 31.8 Å². The lowest BCUT2D eigenvalue weighted by molar-refractivity contribution is 0.0448. The summed E-state index contributed by atoms with van der Waals surface area (Å²) in [5.41, 5.74) is -1.04. The van der Waals surface area contributed by atoms with Crippen molar-refractivity contribution in [3.8, 4) is 0 Å². The van der Waals surface area contributed by atoms with Gasteiger partial charge in [0.05, 0.1) is 17.0 Å². The Labute approximate surface area is 180 Å². The Hall–Kier alpha value is -0.780. The molecule has 27 heavy (non-hydrogen) atoms. The predicted molar refractivity (Wildman–Crippen MR) is 120 cm³/mol. The maximum atomic E-state index is 12.2. The van der Waals surface area contributed by atoms with Crippen molar-refractivity contribution < 1.29 is 17.9 Å². The second-order valence-corrected chi connectivity index (χ2v) is 10.0. The van der Waals surface area contributed by atoms with E-state index in [2.05, 4.69) is 20.9 Å². The molecule has 1 rings (SSSR count). The van der Waals surface area contributed by atoms with Crippen molar-refractivity contribution in [3.63, 3.8) is 0 Å². The summed E-state index contributed by atoms with van der Waals surface area (Å²) >= 11 is 0. The molecule has 0 saturated carbocycles. The van der Waals surface area contributed by atoms with E-state index in [4.69, 9.17) is 4.74 Å². The number of hydrogen-bond acceptors (Lipinski definition) is 5. The molecular formula is C17H35IN4O4S. The molecule has 0 spiro atoms. The highest BCUT2D eigenvalue weighted by molar-refractivity contribution is 14.0. The van der Waals surface area contributed by atoms with Crippen LogP contribution in [0.5, 0.6) is 0 Å². The van der Waals surface area contributed by atoms with Crippen LogP contribution in [0.15, 0.2) is 4.99 Å². The number of nitrogens with one attached hydrogen (secondary N) is 3. The number of ether oxygens (including phenoxy) is 1. The minimum absolute atomic E-state index is 0. The molecule has 0 aromatic carbocycles. The van der Waals surface area contributed by atoms with Gasteiger partial charge in [-0.05, 0) is 40.0 Å². The molecule has 10 heteroatoms. The first kappa shape index (κ1) is 26.2. The maximum absolute atomic E-state index is 12.2. The third-order valence-electron chi connectivity index (χ3n) is 4.51. The molecule has 0 bridgehead atoms. The van der Waals surface area contributed by atoms with E-state index in [1.807, 2.05) is 34.6 Å². The van der Waals surface area contributed by atoms with Crippen LogP contribution >= 0.6 is 24.0 Å². The summed E-state index contributed by atoms with van der Waals surface area (Å²) in [6.07, 6.45) is 1.55. The number of nitrogens with zero attached hydrogens (tertiary/aromatic N) is 1. The van der Waals surface area contributed by atoms with Gasteiger partial charge in [0.2, 0.25) is 0 Å². The second-order valence-electron chi connectivity index (χ2n) is 7.78. The molecule has 0 aromatic rings. The van der Waals surface area contributed by atoms with E-state index in [9.17, 15) is 13.2 Å². The lowest BCUT2D eigenvalue weighted by Crippen LogP contribution is -2.57. The molecule has 1 amide bonds. The van der Waals surface area contributed by atoms with Gasteiger partial charge in [-0.3, -0.25) is 4.99 Å². The van der Waals surface area contributed by atoms with Crippen molar-refractivity contribution in [2.24, 2.45) is 4.99 Å². The Morgan fingerprint density at radius 2 is 1.81 bits per heavy atom. The van der Waals surface area contributed by atoms with Crippen molar-refractivity contribution in [3.05, 3.63) is 0 Å². The molecule has 1 aliphatic heterocycles. The molecule has 0 radical (unpaired) electrons. The number of amides is 1. The molecule has 0 aromatic heterocycles. The molecule has 1 aliphatic rings. The van der Waals surface area contributed by atoms with Gasteiger partial charge in [-0.2, -0.15) is 0 Å². The SMILES string of the molecule is CCC(CC)(CNC(=NC)NC1CCS(=O)(=O)C1)NC(=O)OC(C)(C)C.I. The van der Waals surface area contributed by atoms with E-state index in [1.165, 1.54) is 0 Å². The molecule has 160 valence electrons. The first-order valence-electron chi connectivity index (χ1n) is 9.13. The van der Waals surface area contributed by atoms with Gasteiger partial charge in [-0.25, -0.2) is 13.2 Å². The highest BCUT2D eigenvalue weighted by Gasteiger charge is 2.32. The molecule has 1 fully saturated rings. The zero-order valence-electron chi connectivity index (χ0n) is 17.2. The number of aliphatic imine (C=N–C) groups is 1. The molecular weight excluding hydrogens is 483 g/mol. The molecule has 0 aliphatic carbocycles. The summed E-state index contributed by atoms with van der Waals surface area (Å²) in [5.74, 6) is 0.857. The molecule has 1 heterocycles. The Morgan fingerprint density at radius 1 is 1.22 bits per heavy atom. The van der Waals surface area contributed by atoms with Gasteiger partial charge in [0.25, 0.3) is 0 Å². The minimum atomic E-state index is -2.95. The molecule has 8 nitrogen and oxygen atoms in total. The number of rotatable bonds is 6. The fourth-order valence-corrected chi connectivity index (χ4v) is 4.46. The Morgan fingerprint density at radius 3 is 2.22 bits per heavy atom. The summed E-state index contributed by atoms with van der Waals surface area (Å²) < 4.78 is 28.6. The highest BCUT2D eigenvalue weighted by atomic mass is 127. The third-order valence-corrected chi connectivity index (χ3v) is 6.28.